The summed E-state index contributed by atoms with van der Waals surface area (Å²) in [6.07, 6.45) is 7.27. The van der Waals surface area contributed by atoms with Crippen LogP contribution in [0.1, 0.15) is 17.2 Å². The second kappa shape index (κ2) is 6.23. The van der Waals surface area contributed by atoms with Gasteiger partial charge in [0.1, 0.15) is 0 Å². The molecule has 0 aliphatic carbocycles. The number of likely N-dealkylation sites (N-methyl/N-ethyl adjacent to an activating group) is 1. The maximum Gasteiger partial charge on any atom is 0.0486 e. The standard InChI is InChI=1S/C14H18N4/c1-18(11-12-4-7-16-8-5-12)14(9-15)13-3-2-6-17-10-13/h2-8,10,14H,9,11,15H2,1H3. The number of nitrogens with zero attached hydrogens (tertiary/aromatic N) is 3. The predicted octanol–water partition coefficient (Wildman–Crippen LogP) is 1.61. The van der Waals surface area contributed by atoms with E-state index in [4.69, 9.17) is 5.73 Å². The van der Waals surface area contributed by atoms with Gasteiger partial charge in [-0.05, 0) is 36.4 Å². The van der Waals surface area contributed by atoms with E-state index in [0.717, 1.165) is 12.1 Å². The highest BCUT2D eigenvalue weighted by molar-refractivity contribution is 5.16. The Morgan fingerprint density at radius 1 is 1.17 bits per heavy atom. The minimum Gasteiger partial charge on any atom is -0.329 e. The molecule has 0 radical (unpaired) electrons. The first-order chi connectivity index (χ1) is 8.81. The van der Waals surface area contributed by atoms with Crippen molar-refractivity contribution in [2.24, 2.45) is 5.73 Å². The van der Waals surface area contributed by atoms with Gasteiger partial charge in [-0.1, -0.05) is 6.07 Å². The third kappa shape index (κ3) is 3.12. The molecule has 18 heavy (non-hydrogen) atoms. The van der Waals surface area contributed by atoms with Crippen molar-refractivity contribution in [1.29, 1.82) is 0 Å². The van der Waals surface area contributed by atoms with E-state index in [2.05, 4.69) is 28.0 Å². The maximum atomic E-state index is 5.88. The lowest BCUT2D eigenvalue weighted by Crippen LogP contribution is -2.30. The molecule has 4 heteroatoms. The molecule has 1 atom stereocenters. The summed E-state index contributed by atoms with van der Waals surface area (Å²) in [7, 11) is 2.07. The lowest BCUT2D eigenvalue weighted by atomic mass is 10.1. The number of nitrogens with two attached hydrogens (primary N) is 1. The summed E-state index contributed by atoms with van der Waals surface area (Å²) in [5.74, 6) is 0. The summed E-state index contributed by atoms with van der Waals surface area (Å²) in [6.45, 7) is 1.42. The van der Waals surface area contributed by atoms with Gasteiger partial charge in [0.05, 0.1) is 0 Å². The third-order valence-corrected chi connectivity index (χ3v) is 3.01. The zero-order valence-electron chi connectivity index (χ0n) is 10.5. The number of pyridine rings is 2. The van der Waals surface area contributed by atoms with Gasteiger partial charge >= 0.3 is 0 Å². The van der Waals surface area contributed by atoms with Crippen LogP contribution < -0.4 is 5.73 Å². The van der Waals surface area contributed by atoms with Crippen LogP contribution in [0.25, 0.3) is 0 Å². The zero-order valence-corrected chi connectivity index (χ0v) is 10.5. The highest BCUT2D eigenvalue weighted by Crippen LogP contribution is 2.18. The van der Waals surface area contributed by atoms with Crippen molar-refractivity contribution in [3.05, 3.63) is 60.2 Å². The fourth-order valence-corrected chi connectivity index (χ4v) is 2.03. The van der Waals surface area contributed by atoms with Crippen molar-refractivity contribution in [2.45, 2.75) is 12.6 Å². The van der Waals surface area contributed by atoms with Crippen LogP contribution in [0.5, 0.6) is 0 Å². The lowest BCUT2D eigenvalue weighted by molar-refractivity contribution is 0.241. The Balaban J connectivity index is 2.09. The number of aromatic nitrogens is 2. The first-order valence-corrected chi connectivity index (χ1v) is 6.00. The average molecular weight is 242 g/mol. The molecule has 0 amide bonds. The fourth-order valence-electron chi connectivity index (χ4n) is 2.03. The highest BCUT2D eigenvalue weighted by Gasteiger charge is 2.15. The van der Waals surface area contributed by atoms with Gasteiger partial charge in [-0.25, -0.2) is 0 Å². The second-order valence-corrected chi connectivity index (χ2v) is 4.31. The largest absolute Gasteiger partial charge is 0.329 e. The number of hydrogen-bond acceptors (Lipinski definition) is 4. The summed E-state index contributed by atoms with van der Waals surface area (Å²) in [4.78, 5) is 10.4. The van der Waals surface area contributed by atoms with Gasteiger partial charge in [-0.2, -0.15) is 0 Å². The Labute approximate surface area is 107 Å². The van der Waals surface area contributed by atoms with Crippen LogP contribution in [0, 0.1) is 0 Å². The van der Waals surface area contributed by atoms with Gasteiger partial charge in [-0.15, -0.1) is 0 Å². The van der Waals surface area contributed by atoms with Crippen LogP contribution in [0.2, 0.25) is 0 Å². The molecule has 4 nitrogen and oxygen atoms in total. The van der Waals surface area contributed by atoms with E-state index in [1.807, 2.05) is 36.8 Å². The van der Waals surface area contributed by atoms with E-state index in [1.165, 1.54) is 5.56 Å². The Hall–Kier alpha value is -1.78. The molecule has 0 fully saturated rings. The molecule has 94 valence electrons. The Morgan fingerprint density at radius 3 is 2.56 bits per heavy atom. The molecule has 0 aromatic carbocycles. The van der Waals surface area contributed by atoms with E-state index in [9.17, 15) is 0 Å². The van der Waals surface area contributed by atoms with Gasteiger partial charge in [0.15, 0.2) is 0 Å². The van der Waals surface area contributed by atoms with Gasteiger partial charge in [0.2, 0.25) is 0 Å². The molecule has 2 heterocycles. The highest BCUT2D eigenvalue weighted by atomic mass is 15.1. The monoisotopic (exact) mass is 242 g/mol. The van der Waals surface area contributed by atoms with Crippen LogP contribution in [-0.4, -0.2) is 28.5 Å². The van der Waals surface area contributed by atoms with Gasteiger partial charge in [-0.3, -0.25) is 14.9 Å². The number of hydrogen-bond donors (Lipinski definition) is 1. The molecule has 2 N–H and O–H groups in total. The molecule has 0 saturated heterocycles. The van der Waals surface area contributed by atoms with Crippen LogP contribution in [-0.2, 0) is 6.54 Å². The summed E-state index contributed by atoms with van der Waals surface area (Å²) >= 11 is 0. The quantitative estimate of drug-likeness (QED) is 0.865. The van der Waals surface area contributed by atoms with Gasteiger partial charge in [0.25, 0.3) is 0 Å². The molecule has 0 bridgehead atoms. The SMILES string of the molecule is CN(Cc1ccncc1)C(CN)c1cccnc1. The molecule has 0 aliphatic rings. The first-order valence-electron chi connectivity index (χ1n) is 6.00. The van der Waals surface area contributed by atoms with E-state index < -0.39 is 0 Å². The van der Waals surface area contributed by atoms with Gasteiger partial charge in [0, 0.05) is 43.9 Å². The van der Waals surface area contributed by atoms with Crippen LogP contribution in [0.3, 0.4) is 0 Å². The molecular formula is C14H18N4. The smallest absolute Gasteiger partial charge is 0.0486 e. The molecular weight excluding hydrogens is 224 g/mol. The van der Waals surface area contributed by atoms with Crippen molar-refractivity contribution < 1.29 is 0 Å². The Bertz CT molecular complexity index is 458. The third-order valence-electron chi connectivity index (χ3n) is 3.01. The minimum absolute atomic E-state index is 0.187. The summed E-state index contributed by atoms with van der Waals surface area (Å²) in [5.41, 5.74) is 8.26. The summed E-state index contributed by atoms with van der Waals surface area (Å²) in [5, 5.41) is 0. The first kappa shape index (κ1) is 12.7. The number of rotatable bonds is 5. The van der Waals surface area contributed by atoms with Crippen molar-refractivity contribution >= 4 is 0 Å². The molecule has 0 spiro atoms. The van der Waals surface area contributed by atoms with Crippen molar-refractivity contribution in [3.63, 3.8) is 0 Å². The van der Waals surface area contributed by atoms with E-state index in [1.54, 1.807) is 6.20 Å². The molecule has 1 unspecified atom stereocenters. The molecule has 0 saturated carbocycles. The predicted molar refractivity (Wildman–Crippen MR) is 71.7 cm³/mol. The zero-order chi connectivity index (χ0) is 12.8. The molecule has 2 aromatic heterocycles. The van der Waals surface area contributed by atoms with Crippen molar-refractivity contribution in [2.75, 3.05) is 13.6 Å². The van der Waals surface area contributed by atoms with E-state index >= 15 is 0 Å². The average Bonchev–Trinajstić information content (AvgIpc) is 2.42. The molecule has 2 rings (SSSR count). The van der Waals surface area contributed by atoms with Crippen LogP contribution in [0.4, 0.5) is 0 Å². The normalized spacial score (nSPS) is 12.6. The Kier molecular flexibility index (Phi) is 4.39. The van der Waals surface area contributed by atoms with Gasteiger partial charge < -0.3 is 5.73 Å². The molecule has 0 aliphatic heterocycles. The van der Waals surface area contributed by atoms with E-state index in [0.29, 0.717) is 6.54 Å². The lowest BCUT2D eigenvalue weighted by Gasteiger charge is -2.27. The topological polar surface area (TPSA) is 55.0 Å². The molecule has 2 aromatic rings. The maximum absolute atomic E-state index is 5.88. The van der Waals surface area contributed by atoms with Crippen molar-refractivity contribution in [3.8, 4) is 0 Å². The summed E-state index contributed by atoms with van der Waals surface area (Å²) in [6, 6.07) is 8.24. The van der Waals surface area contributed by atoms with Crippen LogP contribution in [0.15, 0.2) is 49.1 Å². The second-order valence-electron chi connectivity index (χ2n) is 4.31. The van der Waals surface area contributed by atoms with E-state index in [-0.39, 0.29) is 6.04 Å². The van der Waals surface area contributed by atoms with Crippen molar-refractivity contribution in [1.82, 2.24) is 14.9 Å². The summed E-state index contributed by atoms with van der Waals surface area (Å²) < 4.78 is 0. The Morgan fingerprint density at radius 2 is 1.94 bits per heavy atom. The fraction of sp³-hybridized carbons (Fsp3) is 0.286. The minimum atomic E-state index is 0.187. The van der Waals surface area contributed by atoms with Crippen LogP contribution >= 0.6 is 0 Å².